The third kappa shape index (κ3) is 4.04. The van der Waals surface area contributed by atoms with E-state index in [1.165, 1.54) is 17.6 Å². The van der Waals surface area contributed by atoms with Crippen molar-refractivity contribution in [3.8, 4) is 0 Å². The summed E-state index contributed by atoms with van der Waals surface area (Å²) >= 11 is 1.76. The van der Waals surface area contributed by atoms with Crippen molar-refractivity contribution in [1.82, 2.24) is 9.80 Å². The minimum absolute atomic E-state index is 0.0736. The lowest BCUT2D eigenvalue weighted by molar-refractivity contribution is -0.143. The third-order valence-corrected chi connectivity index (χ3v) is 4.81. The van der Waals surface area contributed by atoms with Crippen molar-refractivity contribution in [2.45, 2.75) is 32.9 Å². The molecule has 1 amide bonds. The molecule has 1 aromatic heterocycles. The van der Waals surface area contributed by atoms with Crippen molar-refractivity contribution in [1.29, 1.82) is 0 Å². The van der Waals surface area contributed by atoms with E-state index >= 15 is 0 Å². The van der Waals surface area contributed by atoms with E-state index in [2.05, 4.69) is 16.2 Å². The molecule has 1 aliphatic rings. The molecule has 0 saturated carbocycles. The fourth-order valence-corrected chi connectivity index (χ4v) is 3.28. The Morgan fingerprint density at radius 1 is 1.43 bits per heavy atom. The average molecular weight is 310 g/mol. The number of methoxy groups -OCH3 is 1. The fourth-order valence-electron chi connectivity index (χ4n) is 2.39. The number of carbonyl (C=O) groups is 2. The van der Waals surface area contributed by atoms with Crippen molar-refractivity contribution < 1.29 is 14.3 Å². The van der Waals surface area contributed by atoms with E-state index in [0.29, 0.717) is 6.54 Å². The van der Waals surface area contributed by atoms with Crippen LogP contribution in [0.1, 0.15) is 24.3 Å². The molecule has 2 rings (SSSR count). The first kappa shape index (κ1) is 16.0. The number of nitrogens with zero attached hydrogens (tertiary/aromatic N) is 2. The maximum absolute atomic E-state index is 12.4. The highest BCUT2D eigenvalue weighted by Gasteiger charge is 2.25. The Bertz CT molecular complexity index is 513. The van der Waals surface area contributed by atoms with E-state index in [1.807, 2.05) is 23.6 Å². The molecule has 5 nitrogen and oxygen atoms in total. The number of hydrogen-bond donors (Lipinski definition) is 0. The van der Waals surface area contributed by atoms with Gasteiger partial charge in [0.15, 0.2) is 0 Å². The molecule has 0 spiro atoms. The maximum atomic E-state index is 12.4. The zero-order valence-corrected chi connectivity index (χ0v) is 13.6. The van der Waals surface area contributed by atoms with E-state index in [0.717, 1.165) is 13.0 Å². The van der Waals surface area contributed by atoms with E-state index in [1.54, 1.807) is 11.3 Å². The van der Waals surface area contributed by atoms with Crippen LogP contribution in [0.5, 0.6) is 0 Å². The van der Waals surface area contributed by atoms with E-state index in [9.17, 15) is 9.59 Å². The van der Waals surface area contributed by atoms with Gasteiger partial charge in [-0.05, 0) is 37.3 Å². The molecule has 6 heteroatoms. The summed E-state index contributed by atoms with van der Waals surface area (Å²) in [4.78, 5) is 29.0. The first-order valence-electron chi connectivity index (χ1n) is 7.15. The molecule has 0 saturated heterocycles. The Morgan fingerprint density at radius 3 is 2.86 bits per heavy atom. The topological polar surface area (TPSA) is 49.9 Å². The quantitative estimate of drug-likeness (QED) is 0.774. The van der Waals surface area contributed by atoms with Gasteiger partial charge in [0.2, 0.25) is 5.91 Å². The van der Waals surface area contributed by atoms with Crippen LogP contribution in [-0.4, -0.2) is 54.5 Å². The van der Waals surface area contributed by atoms with Gasteiger partial charge in [0.25, 0.3) is 0 Å². The highest BCUT2D eigenvalue weighted by Crippen LogP contribution is 2.24. The summed E-state index contributed by atoms with van der Waals surface area (Å²) in [6.45, 7) is 5.80. The molecule has 0 unspecified atom stereocenters. The lowest BCUT2D eigenvalue weighted by atomic mass is 10.1. The number of ether oxygens (including phenoxy) is 1. The number of amides is 1. The lowest BCUT2D eigenvalue weighted by Crippen LogP contribution is -2.46. The molecule has 0 aliphatic carbocycles. The van der Waals surface area contributed by atoms with Crippen LogP contribution >= 0.6 is 11.3 Å². The first-order chi connectivity index (χ1) is 10.0. The smallest absolute Gasteiger partial charge is 0.319 e. The Morgan fingerprint density at radius 2 is 2.19 bits per heavy atom. The summed E-state index contributed by atoms with van der Waals surface area (Å²) in [6.07, 6.45) is 0.928. The summed E-state index contributed by atoms with van der Waals surface area (Å²) < 4.78 is 4.69. The van der Waals surface area contributed by atoms with Crippen LogP contribution in [0, 0.1) is 0 Å². The second-order valence-electron chi connectivity index (χ2n) is 5.51. The van der Waals surface area contributed by atoms with Gasteiger partial charge in [0, 0.05) is 24.0 Å². The molecule has 0 N–H and O–H groups in total. The van der Waals surface area contributed by atoms with Crippen LogP contribution in [0.3, 0.4) is 0 Å². The monoisotopic (exact) mass is 310 g/mol. The van der Waals surface area contributed by atoms with E-state index in [4.69, 9.17) is 0 Å². The van der Waals surface area contributed by atoms with Crippen molar-refractivity contribution in [3.63, 3.8) is 0 Å². The Labute approximate surface area is 129 Å². The van der Waals surface area contributed by atoms with E-state index < -0.39 is 0 Å². The normalized spacial score (nSPS) is 14.4. The second kappa shape index (κ2) is 7.04. The van der Waals surface area contributed by atoms with Crippen LogP contribution in [0.25, 0.3) is 0 Å². The molecule has 1 aliphatic heterocycles. The van der Waals surface area contributed by atoms with Crippen LogP contribution in [0.2, 0.25) is 0 Å². The van der Waals surface area contributed by atoms with Gasteiger partial charge in [-0.3, -0.25) is 14.5 Å². The molecule has 0 fully saturated rings. The number of carbonyl (C=O) groups excluding carboxylic acids is 2. The molecule has 116 valence electrons. The summed E-state index contributed by atoms with van der Waals surface area (Å²) in [5.74, 6) is -0.236. The van der Waals surface area contributed by atoms with Crippen molar-refractivity contribution in [3.05, 3.63) is 21.9 Å². The highest BCUT2D eigenvalue weighted by atomic mass is 32.1. The molecule has 1 aromatic rings. The van der Waals surface area contributed by atoms with Gasteiger partial charge < -0.3 is 9.64 Å². The molecule has 2 heterocycles. The van der Waals surface area contributed by atoms with Gasteiger partial charge in [-0.15, -0.1) is 11.3 Å². The van der Waals surface area contributed by atoms with Crippen molar-refractivity contribution >= 4 is 23.2 Å². The van der Waals surface area contributed by atoms with Crippen molar-refractivity contribution in [2.24, 2.45) is 0 Å². The van der Waals surface area contributed by atoms with Crippen LogP contribution in [-0.2, 0) is 27.3 Å². The van der Waals surface area contributed by atoms with Gasteiger partial charge >= 0.3 is 5.97 Å². The number of rotatable bonds is 5. The predicted molar refractivity (Wildman–Crippen MR) is 82.2 cm³/mol. The summed E-state index contributed by atoms with van der Waals surface area (Å²) in [7, 11) is 1.37. The van der Waals surface area contributed by atoms with Gasteiger partial charge in [-0.1, -0.05) is 0 Å². The largest absolute Gasteiger partial charge is 0.468 e. The first-order valence-corrected chi connectivity index (χ1v) is 8.03. The molecule has 0 radical (unpaired) electrons. The lowest BCUT2D eigenvalue weighted by Gasteiger charge is -2.31. The molecule has 0 atom stereocenters. The summed E-state index contributed by atoms with van der Waals surface area (Å²) in [5, 5.41) is 2.08. The Kier molecular flexibility index (Phi) is 5.36. The standard InChI is InChI=1S/C15H22N2O3S/c1-11(2)17(10-15(19)20-3)9-14(18)16-6-4-13-12(8-16)5-7-21-13/h5,7,11H,4,6,8-10H2,1-3H3. The predicted octanol–water partition coefficient (Wildman–Crippen LogP) is 1.52. The minimum Gasteiger partial charge on any atom is -0.468 e. The van der Waals surface area contributed by atoms with Gasteiger partial charge in [0.05, 0.1) is 20.2 Å². The van der Waals surface area contributed by atoms with Gasteiger partial charge in [0.1, 0.15) is 0 Å². The van der Waals surface area contributed by atoms with Crippen LogP contribution in [0.15, 0.2) is 11.4 Å². The zero-order valence-electron chi connectivity index (χ0n) is 12.8. The minimum atomic E-state index is -0.310. The number of hydrogen-bond acceptors (Lipinski definition) is 5. The Hall–Kier alpha value is -1.40. The van der Waals surface area contributed by atoms with Crippen LogP contribution < -0.4 is 0 Å². The summed E-state index contributed by atoms with van der Waals surface area (Å²) in [6, 6.07) is 2.21. The molecular weight excluding hydrogens is 288 g/mol. The van der Waals surface area contributed by atoms with Gasteiger partial charge in [-0.2, -0.15) is 0 Å². The fraction of sp³-hybridized carbons (Fsp3) is 0.600. The SMILES string of the molecule is COC(=O)CN(CC(=O)N1CCc2sccc2C1)C(C)C. The summed E-state index contributed by atoms with van der Waals surface area (Å²) in [5.41, 5.74) is 1.25. The molecule has 0 bridgehead atoms. The molecular formula is C15H22N2O3S. The number of fused-ring (bicyclic) bond motifs is 1. The Balaban J connectivity index is 1.95. The third-order valence-electron chi connectivity index (χ3n) is 3.79. The zero-order chi connectivity index (χ0) is 15.4. The van der Waals surface area contributed by atoms with Gasteiger partial charge in [-0.25, -0.2) is 0 Å². The number of thiophene rings is 1. The highest BCUT2D eigenvalue weighted by molar-refractivity contribution is 7.10. The maximum Gasteiger partial charge on any atom is 0.319 e. The number of esters is 1. The van der Waals surface area contributed by atoms with Crippen LogP contribution in [0.4, 0.5) is 0 Å². The van der Waals surface area contributed by atoms with Crippen molar-refractivity contribution in [2.75, 3.05) is 26.7 Å². The molecule has 21 heavy (non-hydrogen) atoms. The van der Waals surface area contributed by atoms with E-state index in [-0.39, 0.29) is 31.0 Å². The second-order valence-corrected chi connectivity index (χ2v) is 6.51. The average Bonchev–Trinajstić information content (AvgIpc) is 2.93. The molecule has 0 aromatic carbocycles.